The summed E-state index contributed by atoms with van der Waals surface area (Å²) in [6.07, 6.45) is 4.36. The Hall–Kier alpha value is -1.95. The Morgan fingerprint density at radius 1 is 1.26 bits per heavy atom. The summed E-state index contributed by atoms with van der Waals surface area (Å²) in [7, 11) is 0. The number of aliphatic carboxylic acids is 1. The number of hydrogen-bond acceptors (Lipinski definition) is 3. The molecule has 1 saturated carbocycles. The number of carbonyl (C=O) groups is 2. The Morgan fingerprint density at radius 3 is 2.59 bits per heavy atom. The average molecular weight is 374 g/mol. The smallest absolute Gasteiger partial charge is 0.320 e. The third-order valence-corrected chi connectivity index (χ3v) is 6.71. The van der Waals surface area contributed by atoms with E-state index in [0.717, 1.165) is 44.3 Å². The van der Waals surface area contributed by atoms with Crippen molar-refractivity contribution in [1.29, 1.82) is 0 Å². The van der Waals surface area contributed by atoms with Crippen molar-refractivity contribution in [1.82, 2.24) is 9.80 Å². The molecular weight excluding hydrogens is 347 g/mol. The van der Waals surface area contributed by atoms with Crippen LogP contribution in [0.4, 0.5) is 4.39 Å². The van der Waals surface area contributed by atoms with E-state index >= 15 is 0 Å². The SMILES string of the molecule is Cc1c(F)cccc1CN1CC2(CCN(C(=O)C3CC3)CC2)CC1C(=O)O. The highest BCUT2D eigenvalue weighted by molar-refractivity contribution is 5.81. The molecule has 0 radical (unpaired) electrons. The zero-order chi connectivity index (χ0) is 19.2. The third-order valence-electron chi connectivity index (χ3n) is 6.71. The quantitative estimate of drug-likeness (QED) is 0.880. The van der Waals surface area contributed by atoms with E-state index in [4.69, 9.17) is 0 Å². The first-order valence-corrected chi connectivity index (χ1v) is 9.88. The molecule has 1 atom stereocenters. The molecular formula is C21H27FN2O3. The van der Waals surface area contributed by atoms with Gasteiger partial charge in [0.1, 0.15) is 11.9 Å². The Bertz CT molecular complexity index is 754. The third kappa shape index (κ3) is 3.59. The number of benzene rings is 1. The van der Waals surface area contributed by atoms with Crippen LogP contribution in [0.25, 0.3) is 0 Å². The van der Waals surface area contributed by atoms with Gasteiger partial charge >= 0.3 is 5.97 Å². The lowest BCUT2D eigenvalue weighted by atomic mass is 9.76. The molecule has 0 aromatic heterocycles. The number of carbonyl (C=O) groups excluding carboxylic acids is 1. The predicted octanol–water partition coefficient (Wildman–Crippen LogP) is 2.81. The lowest BCUT2D eigenvalue weighted by Crippen LogP contribution is -2.44. The van der Waals surface area contributed by atoms with E-state index in [1.165, 1.54) is 6.07 Å². The first kappa shape index (κ1) is 18.4. The highest BCUT2D eigenvalue weighted by atomic mass is 19.1. The lowest BCUT2D eigenvalue weighted by molar-refractivity contribution is -0.142. The summed E-state index contributed by atoms with van der Waals surface area (Å²) in [5, 5.41) is 9.74. The van der Waals surface area contributed by atoms with Crippen LogP contribution in [0.3, 0.4) is 0 Å². The van der Waals surface area contributed by atoms with Gasteiger partial charge in [0.05, 0.1) is 0 Å². The molecule has 0 bridgehead atoms. The topological polar surface area (TPSA) is 60.9 Å². The van der Waals surface area contributed by atoms with Crippen molar-refractivity contribution in [2.75, 3.05) is 19.6 Å². The fourth-order valence-electron chi connectivity index (χ4n) is 4.75. The minimum atomic E-state index is -0.808. The van der Waals surface area contributed by atoms with Crippen LogP contribution in [0.15, 0.2) is 18.2 Å². The second-order valence-electron chi connectivity index (χ2n) is 8.59. The molecule has 4 rings (SSSR count). The molecule has 1 aliphatic carbocycles. The van der Waals surface area contributed by atoms with Gasteiger partial charge in [-0.25, -0.2) is 4.39 Å². The van der Waals surface area contributed by atoms with E-state index < -0.39 is 12.0 Å². The number of hydrogen-bond donors (Lipinski definition) is 1. The highest BCUT2D eigenvalue weighted by Crippen LogP contribution is 2.45. The van der Waals surface area contributed by atoms with Gasteiger partial charge in [-0.2, -0.15) is 0 Å². The molecule has 2 aliphatic heterocycles. The first-order chi connectivity index (χ1) is 12.9. The van der Waals surface area contributed by atoms with Gasteiger partial charge in [-0.05, 0) is 61.6 Å². The monoisotopic (exact) mass is 374 g/mol. The zero-order valence-corrected chi connectivity index (χ0v) is 15.8. The normalized spacial score (nSPS) is 25.1. The number of halogens is 1. The minimum absolute atomic E-state index is 0.0510. The van der Waals surface area contributed by atoms with Gasteiger partial charge in [-0.3, -0.25) is 14.5 Å². The maximum absolute atomic E-state index is 13.9. The van der Waals surface area contributed by atoms with Crippen molar-refractivity contribution in [2.24, 2.45) is 11.3 Å². The number of carboxylic acids is 1. The van der Waals surface area contributed by atoms with Crippen LogP contribution in [0, 0.1) is 24.1 Å². The minimum Gasteiger partial charge on any atom is -0.480 e. The number of nitrogens with zero attached hydrogens (tertiary/aromatic N) is 2. The molecule has 2 heterocycles. The largest absolute Gasteiger partial charge is 0.480 e. The van der Waals surface area contributed by atoms with Crippen LogP contribution in [0.1, 0.15) is 43.2 Å². The lowest BCUT2D eigenvalue weighted by Gasteiger charge is -2.39. The van der Waals surface area contributed by atoms with Crippen molar-refractivity contribution in [3.05, 3.63) is 35.1 Å². The van der Waals surface area contributed by atoms with Crippen LogP contribution < -0.4 is 0 Å². The summed E-state index contributed by atoms with van der Waals surface area (Å²) in [6, 6.07) is 4.45. The van der Waals surface area contributed by atoms with Crippen LogP contribution in [-0.4, -0.2) is 52.5 Å². The molecule has 1 unspecified atom stereocenters. The van der Waals surface area contributed by atoms with Gasteiger partial charge < -0.3 is 10.0 Å². The van der Waals surface area contributed by atoms with Crippen molar-refractivity contribution < 1.29 is 19.1 Å². The van der Waals surface area contributed by atoms with E-state index in [9.17, 15) is 19.1 Å². The van der Waals surface area contributed by atoms with Gasteiger partial charge in [0.15, 0.2) is 0 Å². The van der Waals surface area contributed by atoms with E-state index in [2.05, 4.69) is 0 Å². The van der Waals surface area contributed by atoms with Crippen LogP contribution in [0.2, 0.25) is 0 Å². The number of piperidine rings is 1. The standard InChI is InChI=1S/C21H27FN2O3/c1-14-16(3-2-4-17(14)22)12-24-13-21(11-18(24)20(26)27)7-9-23(10-8-21)19(25)15-5-6-15/h2-4,15,18H,5-13H2,1H3,(H,26,27). The fraction of sp³-hybridized carbons (Fsp3) is 0.619. The summed E-state index contributed by atoms with van der Waals surface area (Å²) >= 11 is 0. The molecule has 1 amide bonds. The van der Waals surface area contributed by atoms with E-state index in [-0.39, 0.29) is 23.1 Å². The van der Waals surface area contributed by atoms with Crippen molar-refractivity contribution in [3.63, 3.8) is 0 Å². The Morgan fingerprint density at radius 2 is 1.96 bits per heavy atom. The van der Waals surface area contributed by atoms with Crippen molar-refractivity contribution >= 4 is 11.9 Å². The second-order valence-corrected chi connectivity index (χ2v) is 8.59. The molecule has 27 heavy (non-hydrogen) atoms. The number of likely N-dealkylation sites (tertiary alicyclic amines) is 2. The molecule has 3 aliphatic rings. The predicted molar refractivity (Wildman–Crippen MR) is 98.6 cm³/mol. The van der Waals surface area contributed by atoms with E-state index in [1.54, 1.807) is 13.0 Å². The average Bonchev–Trinajstić information content (AvgIpc) is 3.43. The van der Waals surface area contributed by atoms with Crippen LogP contribution in [0.5, 0.6) is 0 Å². The van der Waals surface area contributed by atoms with E-state index in [1.807, 2.05) is 15.9 Å². The van der Waals surface area contributed by atoms with Crippen molar-refractivity contribution in [3.8, 4) is 0 Å². The number of amides is 1. The molecule has 1 N–H and O–H groups in total. The maximum Gasteiger partial charge on any atom is 0.320 e. The molecule has 2 saturated heterocycles. The zero-order valence-electron chi connectivity index (χ0n) is 15.8. The summed E-state index contributed by atoms with van der Waals surface area (Å²) in [4.78, 5) is 28.1. The summed E-state index contributed by atoms with van der Waals surface area (Å²) in [6.45, 7) is 4.36. The Balaban J connectivity index is 1.46. The van der Waals surface area contributed by atoms with Gasteiger partial charge in [0, 0.05) is 32.1 Å². The van der Waals surface area contributed by atoms with Crippen molar-refractivity contribution in [2.45, 2.75) is 51.6 Å². The van der Waals surface area contributed by atoms with Gasteiger partial charge in [0.25, 0.3) is 0 Å². The maximum atomic E-state index is 13.9. The molecule has 146 valence electrons. The fourth-order valence-corrected chi connectivity index (χ4v) is 4.75. The molecule has 1 spiro atoms. The summed E-state index contributed by atoms with van der Waals surface area (Å²) in [5.41, 5.74) is 1.39. The number of carboxylic acid groups (broad SMARTS) is 1. The molecule has 5 nitrogen and oxygen atoms in total. The van der Waals surface area contributed by atoms with Crippen LogP contribution in [-0.2, 0) is 16.1 Å². The Labute approximate surface area is 159 Å². The summed E-state index contributed by atoms with van der Waals surface area (Å²) < 4.78 is 13.9. The Kier molecular flexibility index (Phi) is 4.70. The molecule has 3 fully saturated rings. The van der Waals surface area contributed by atoms with E-state index in [0.29, 0.717) is 25.1 Å². The van der Waals surface area contributed by atoms with Gasteiger partial charge in [-0.1, -0.05) is 12.1 Å². The van der Waals surface area contributed by atoms with Gasteiger partial charge in [0.2, 0.25) is 5.91 Å². The highest BCUT2D eigenvalue weighted by Gasteiger charge is 2.49. The first-order valence-electron chi connectivity index (χ1n) is 9.88. The molecule has 6 heteroatoms. The van der Waals surface area contributed by atoms with Crippen LogP contribution >= 0.6 is 0 Å². The number of rotatable bonds is 4. The molecule has 1 aromatic carbocycles. The summed E-state index contributed by atoms with van der Waals surface area (Å²) in [5.74, 6) is -0.538. The van der Waals surface area contributed by atoms with Gasteiger partial charge in [-0.15, -0.1) is 0 Å². The second kappa shape index (κ2) is 6.89. The molecule has 1 aromatic rings.